The van der Waals surface area contributed by atoms with E-state index in [0.717, 1.165) is 31.2 Å². The Morgan fingerprint density at radius 1 is 1.29 bits per heavy atom. The van der Waals surface area contributed by atoms with Gasteiger partial charge in [-0.2, -0.15) is 0 Å². The Labute approximate surface area is 124 Å². The molecule has 1 amide bonds. The van der Waals surface area contributed by atoms with E-state index < -0.39 is 0 Å². The number of aromatic nitrogens is 2. The van der Waals surface area contributed by atoms with Crippen LogP contribution >= 0.6 is 0 Å². The highest BCUT2D eigenvalue weighted by Gasteiger charge is 2.17. The summed E-state index contributed by atoms with van der Waals surface area (Å²) in [5.41, 5.74) is 0. The van der Waals surface area contributed by atoms with E-state index in [1.807, 2.05) is 6.07 Å². The third-order valence-corrected chi connectivity index (χ3v) is 3.43. The topological polar surface area (TPSA) is 65.4 Å². The van der Waals surface area contributed by atoms with Crippen LogP contribution in [0.3, 0.4) is 0 Å². The molecule has 2 rings (SSSR count). The number of furan rings is 1. The lowest BCUT2D eigenvalue weighted by molar-refractivity contribution is 0.0746. The van der Waals surface area contributed by atoms with E-state index in [2.05, 4.69) is 28.7 Å². The van der Waals surface area contributed by atoms with E-state index in [9.17, 15) is 4.79 Å². The number of imidazole rings is 1. The third-order valence-electron chi connectivity index (χ3n) is 3.43. The van der Waals surface area contributed by atoms with Crippen molar-refractivity contribution in [3.63, 3.8) is 0 Å². The second-order valence-corrected chi connectivity index (χ2v) is 4.92. The third kappa shape index (κ3) is 3.95. The Balaban J connectivity index is 1.98. The van der Waals surface area contributed by atoms with Gasteiger partial charge in [0.05, 0.1) is 13.1 Å². The number of aromatic amines is 1. The van der Waals surface area contributed by atoms with Crippen LogP contribution in [0.4, 0.5) is 0 Å². The summed E-state index contributed by atoms with van der Waals surface area (Å²) in [6.45, 7) is 7.28. The van der Waals surface area contributed by atoms with Crippen LogP contribution < -0.4 is 0 Å². The Bertz CT molecular complexity index is 558. The summed E-state index contributed by atoms with van der Waals surface area (Å²) in [4.78, 5) is 23.2. The summed E-state index contributed by atoms with van der Waals surface area (Å²) in [5.74, 6) is 1.79. The zero-order valence-electron chi connectivity index (χ0n) is 12.8. The summed E-state index contributed by atoms with van der Waals surface area (Å²) >= 11 is 0. The van der Waals surface area contributed by atoms with Crippen LogP contribution in [-0.4, -0.2) is 45.8 Å². The molecule has 1 N–H and O–H groups in total. The van der Waals surface area contributed by atoms with Crippen molar-refractivity contribution in [3.05, 3.63) is 41.9 Å². The molecule has 0 saturated carbocycles. The monoisotopic (exact) mass is 290 g/mol. The first-order chi connectivity index (χ1) is 10.1. The Morgan fingerprint density at radius 2 is 2.05 bits per heavy atom. The fraction of sp³-hybridized carbons (Fsp3) is 0.467. The zero-order chi connectivity index (χ0) is 15.2. The van der Waals surface area contributed by atoms with Crippen molar-refractivity contribution >= 4 is 5.91 Å². The smallest absolute Gasteiger partial charge is 0.289 e. The molecule has 2 aromatic heterocycles. The van der Waals surface area contributed by atoms with E-state index in [-0.39, 0.29) is 5.91 Å². The van der Waals surface area contributed by atoms with Crippen molar-refractivity contribution in [2.45, 2.75) is 26.9 Å². The van der Waals surface area contributed by atoms with Crippen molar-refractivity contribution in [2.24, 2.45) is 0 Å². The van der Waals surface area contributed by atoms with Crippen LogP contribution in [0.15, 0.2) is 28.9 Å². The molecule has 21 heavy (non-hydrogen) atoms. The molecule has 0 fully saturated rings. The Hall–Kier alpha value is -2.08. The van der Waals surface area contributed by atoms with E-state index in [1.165, 1.54) is 0 Å². The fourth-order valence-electron chi connectivity index (χ4n) is 2.11. The normalized spacial score (nSPS) is 11.0. The van der Waals surface area contributed by atoms with Gasteiger partial charge in [-0.05, 0) is 25.2 Å². The molecule has 114 valence electrons. The SMILES string of the molecule is CCN(CC)Cc1ccc(C(=O)N(C)Cc2ncc[nH]2)o1. The molecule has 6 nitrogen and oxygen atoms in total. The van der Waals surface area contributed by atoms with Gasteiger partial charge in [0.2, 0.25) is 0 Å². The lowest BCUT2D eigenvalue weighted by Gasteiger charge is -2.16. The van der Waals surface area contributed by atoms with Crippen molar-refractivity contribution in [1.29, 1.82) is 0 Å². The van der Waals surface area contributed by atoms with Gasteiger partial charge in [0.1, 0.15) is 11.6 Å². The number of amides is 1. The first kappa shape index (κ1) is 15.3. The maximum absolute atomic E-state index is 12.3. The summed E-state index contributed by atoms with van der Waals surface area (Å²) in [5, 5.41) is 0. The predicted molar refractivity (Wildman–Crippen MR) is 79.7 cm³/mol. The van der Waals surface area contributed by atoms with Gasteiger partial charge in [0, 0.05) is 19.4 Å². The quantitative estimate of drug-likeness (QED) is 0.848. The second-order valence-electron chi connectivity index (χ2n) is 4.92. The molecule has 0 aliphatic carbocycles. The van der Waals surface area contributed by atoms with Gasteiger partial charge >= 0.3 is 0 Å². The zero-order valence-corrected chi connectivity index (χ0v) is 12.8. The molecular weight excluding hydrogens is 268 g/mol. The molecular formula is C15H22N4O2. The number of hydrogen-bond donors (Lipinski definition) is 1. The maximum atomic E-state index is 12.3. The number of nitrogens with one attached hydrogen (secondary N) is 1. The molecule has 0 unspecified atom stereocenters. The molecule has 0 atom stereocenters. The average Bonchev–Trinajstić information content (AvgIpc) is 3.15. The molecule has 0 radical (unpaired) electrons. The lowest BCUT2D eigenvalue weighted by Crippen LogP contribution is -2.26. The first-order valence-corrected chi connectivity index (χ1v) is 7.18. The number of nitrogens with zero attached hydrogens (tertiary/aromatic N) is 3. The molecule has 6 heteroatoms. The van der Waals surface area contributed by atoms with Crippen molar-refractivity contribution in [3.8, 4) is 0 Å². The van der Waals surface area contributed by atoms with Gasteiger partial charge in [0.25, 0.3) is 5.91 Å². The highest BCUT2D eigenvalue weighted by atomic mass is 16.4. The molecule has 0 bridgehead atoms. The second kappa shape index (κ2) is 7.08. The summed E-state index contributed by atoms with van der Waals surface area (Å²) in [7, 11) is 1.73. The molecule has 2 heterocycles. The van der Waals surface area contributed by atoms with E-state index >= 15 is 0 Å². The fourth-order valence-corrected chi connectivity index (χ4v) is 2.11. The average molecular weight is 290 g/mol. The first-order valence-electron chi connectivity index (χ1n) is 7.18. The van der Waals surface area contributed by atoms with Crippen molar-refractivity contribution in [2.75, 3.05) is 20.1 Å². The van der Waals surface area contributed by atoms with E-state index in [1.54, 1.807) is 30.4 Å². The van der Waals surface area contributed by atoms with Crippen LogP contribution in [0.25, 0.3) is 0 Å². The van der Waals surface area contributed by atoms with E-state index in [0.29, 0.717) is 12.3 Å². The standard InChI is InChI=1S/C15H22N4O2/c1-4-19(5-2)10-12-6-7-13(21-12)15(20)18(3)11-14-16-8-9-17-14/h6-9H,4-5,10-11H2,1-3H3,(H,16,17). The largest absolute Gasteiger partial charge is 0.455 e. The van der Waals surface area contributed by atoms with Crippen LogP contribution in [-0.2, 0) is 13.1 Å². The molecule has 2 aromatic rings. The van der Waals surface area contributed by atoms with Gasteiger partial charge in [-0.25, -0.2) is 4.98 Å². The Kier molecular flexibility index (Phi) is 5.16. The number of carbonyl (C=O) groups is 1. The van der Waals surface area contributed by atoms with Crippen molar-refractivity contribution in [1.82, 2.24) is 19.8 Å². The number of H-pyrrole nitrogens is 1. The molecule has 0 aliphatic rings. The lowest BCUT2D eigenvalue weighted by atomic mass is 10.3. The minimum Gasteiger partial charge on any atom is -0.455 e. The molecule has 0 spiro atoms. The minimum absolute atomic E-state index is 0.141. The summed E-state index contributed by atoms with van der Waals surface area (Å²) < 4.78 is 5.66. The summed E-state index contributed by atoms with van der Waals surface area (Å²) in [6, 6.07) is 3.60. The number of hydrogen-bond acceptors (Lipinski definition) is 4. The predicted octanol–water partition coefficient (Wildman–Crippen LogP) is 2.12. The minimum atomic E-state index is -0.141. The van der Waals surface area contributed by atoms with Gasteiger partial charge in [0.15, 0.2) is 5.76 Å². The van der Waals surface area contributed by atoms with Crippen LogP contribution in [0.5, 0.6) is 0 Å². The number of carbonyl (C=O) groups excluding carboxylic acids is 1. The number of rotatable bonds is 7. The molecule has 0 aliphatic heterocycles. The molecule has 0 saturated heterocycles. The Morgan fingerprint density at radius 3 is 2.67 bits per heavy atom. The highest BCUT2D eigenvalue weighted by Crippen LogP contribution is 2.13. The molecule has 0 aromatic carbocycles. The van der Waals surface area contributed by atoms with Gasteiger partial charge in [-0.3, -0.25) is 9.69 Å². The maximum Gasteiger partial charge on any atom is 0.289 e. The van der Waals surface area contributed by atoms with Gasteiger partial charge in [-0.15, -0.1) is 0 Å². The summed E-state index contributed by atoms with van der Waals surface area (Å²) in [6.07, 6.45) is 3.41. The van der Waals surface area contributed by atoms with Gasteiger partial charge < -0.3 is 14.3 Å². The van der Waals surface area contributed by atoms with Crippen LogP contribution in [0, 0.1) is 0 Å². The van der Waals surface area contributed by atoms with Crippen molar-refractivity contribution < 1.29 is 9.21 Å². The highest BCUT2D eigenvalue weighted by molar-refractivity contribution is 5.91. The van der Waals surface area contributed by atoms with Gasteiger partial charge in [-0.1, -0.05) is 13.8 Å². The van der Waals surface area contributed by atoms with Crippen LogP contribution in [0.2, 0.25) is 0 Å². The van der Waals surface area contributed by atoms with Crippen LogP contribution in [0.1, 0.15) is 36.0 Å². The van der Waals surface area contributed by atoms with E-state index in [4.69, 9.17) is 4.42 Å².